The molecular formula is C16H35NO. The number of ether oxygens (including phenoxy) is 1. The maximum atomic E-state index is 5.84. The van der Waals surface area contributed by atoms with Gasteiger partial charge in [-0.2, -0.15) is 0 Å². The lowest BCUT2D eigenvalue weighted by atomic mass is 9.87. The maximum Gasteiger partial charge on any atom is 0.0624 e. The molecule has 0 aromatic heterocycles. The molecule has 110 valence electrons. The first-order valence-corrected chi connectivity index (χ1v) is 7.83. The van der Waals surface area contributed by atoms with Crippen molar-refractivity contribution in [1.82, 2.24) is 5.32 Å². The third-order valence-corrected chi connectivity index (χ3v) is 3.36. The van der Waals surface area contributed by atoms with E-state index >= 15 is 0 Å². The molecule has 0 aromatic carbocycles. The molecule has 1 N–H and O–H groups in total. The minimum atomic E-state index is 0.275. The summed E-state index contributed by atoms with van der Waals surface area (Å²) >= 11 is 0. The molecule has 0 fully saturated rings. The molecule has 18 heavy (non-hydrogen) atoms. The van der Waals surface area contributed by atoms with Crippen molar-refractivity contribution in [2.75, 3.05) is 19.8 Å². The molecule has 0 spiro atoms. The van der Waals surface area contributed by atoms with Crippen LogP contribution in [0.4, 0.5) is 0 Å². The lowest BCUT2D eigenvalue weighted by Crippen LogP contribution is -2.44. The standard InChI is InChI=1S/C16H35NO/c1-6-8-9-10-11-13-18-14-15(16(3,4)5)17-12-7-2/h15,17H,6-14H2,1-5H3. The van der Waals surface area contributed by atoms with Crippen LogP contribution in [0.25, 0.3) is 0 Å². The van der Waals surface area contributed by atoms with E-state index in [-0.39, 0.29) is 5.41 Å². The Hall–Kier alpha value is -0.0800. The van der Waals surface area contributed by atoms with Crippen molar-refractivity contribution in [1.29, 1.82) is 0 Å². The van der Waals surface area contributed by atoms with Crippen LogP contribution in [0.5, 0.6) is 0 Å². The van der Waals surface area contributed by atoms with Crippen molar-refractivity contribution in [3.63, 3.8) is 0 Å². The smallest absolute Gasteiger partial charge is 0.0624 e. The maximum absolute atomic E-state index is 5.84. The average molecular weight is 257 g/mol. The molecule has 2 nitrogen and oxygen atoms in total. The van der Waals surface area contributed by atoms with Gasteiger partial charge in [-0.15, -0.1) is 0 Å². The number of nitrogens with one attached hydrogen (secondary N) is 1. The van der Waals surface area contributed by atoms with E-state index in [1.165, 1.54) is 38.5 Å². The van der Waals surface area contributed by atoms with Gasteiger partial charge in [0.15, 0.2) is 0 Å². The molecule has 0 heterocycles. The minimum absolute atomic E-state index is 0.275. The van der Waals surface area contributed by atoms with Crippen LogP contribution >= 0.6 is 0 Å². The van der Waals surface area contributed by atoms with E-state index in [1.807, 2.05) is 0 Å². The fraction of sp³-hybridized carbons (Fsp3) is 1.00. The molecular weight excluding hydrogens is 222 g/mol. The molecule has 2 heteroatoms. The summed E-state index contributed by atoms with van der Waals surface area (Å²) < 4.78 is 5.84. The van der Waals surface area contributed by atoms with Crippen molar-refractivity contribution < 1.29 is 4.74 Å². The van der Waals surface area contributed by atoms with Crippen molar-refractivity contribution in [2.45, 2.75) is 79.2 Å². The monoisotopic (exact) mass is 257 g/mol. The van der Waals surface area contributed by atoms with Gasteiger partial charge >= 0.3 is 0 Å². The molecule has 0 saturated carbocycles. The van der Waals surface area contributed by atoms with E-state index in [1.54, 1.807) is 0 Å². The zero-order chi connectivity index (χ0) is 13.9. The largest absolute Gasteiger partial charge is 0.380 e. The topological polar surface area (TPSA) is 21.3 Å². The number of unbranched alkanes of at least 4 members (excludes halogenated alkanes) is 4. The first-order chi connectivity index (χ1) is 8.52. The number of rotatable bonds is 11. The molecule has 1 atom stereocenters. The SMILES string of the molecule is CCCCCCCOCC(NCCC)C(C)(C)C. The van der Waals surface area contributed by atoms with Crippen LogP contribution in [-0.4, -0.2) is 25.8 Å². The van der Waals surface area contributed by atoms with Gasteiger partial charge in [-0.05, 0) is 24.8 Å². The minimum Gasteiger partial charge on any atom is -0.380 e. The highest BCUT2D eigenvalue weighted by molar-refractivity contribution is 4.80. The van der Waals surface area contributed by atoms with Crippen molar-refractivity contribution in [3.8, 4) is 0 Å². The summed E-state index contributed by atoms with van der Waals surface area (Å²) in [5.41, 5.74) is 0.275. The van der Waals surface area contributed by atoms with Crippen molar-refractivity contribution in [2.24, 2.45) is 5.41 Å². The third kappa shape index (κ3) is 9.90. The zero-order valence-electron chi connectivity index (χ0n) is 13.3. The first kappa shape index (κ1) is 17.9. The summed E-state index contributed by atoms with van der Waals surface area (Å²) in [5, 5.41) is 3.60. The number of hydrogen-bond donors (Lipinski definition) is 1. The molecule has 0 amide bonds. The Balaban J connectivity index is 3.63. The molecule has 0 radical (unpaired) electrons. The fourth-order valence-corrected chi connectivity index (χ4v) is 1.94. The molecule has 1 unspecified atom stereocenters. The second-order valence-electron chi connectivity index (χ2n) is 6.36. The van der Waals surface area contributed by atoms with Crippen LogP contribution in [-0.2, 0) is 4.74 Å². The highest BCUT2D eigenvalue weighted by Crippen LogP contribution is 2.19. The van der Waals surface area contributed by atoms with Crippen LogP contribution in [0.3, 0.4) is 0 Å². The van der Waals surface area contributed by atoms with E-state index in [2.05, 4.69) is 39.9 Å². The van der Waals surface area contributed by atoms with Gasteiger partial charge in [0.2, 0.25) is 0 Å². The molecule has 0 rings (SSSR count). The van der Waals surface area contributed by atoms with Crippen molar-refractivity contribution >= 4 is 0 Å². The summed E-state index contributed by atoms with van der Waals surface area (Å²) in [6, 6.07) is 0.466. The molecule has 0 aromatic rings. The highest BCUT2D eigenvalue weighted by Gasteiger charge is 2.23. The Morgan fingerprint density at radius 3 is 2.17 bits per heavy atom. The van der Waals surface area contributed by atoms with Crippen LogP contribution in [0, 0.1) is 5.41 Å². The van der Waals surface area contributed by atoms with E-state index < -0.39 is 0 Å². The van der Waals surface area contributed by atoms with Crippen LogP contribution in [0.2, 0.25) is 0 Å². The quantitative estimate of drug-likeness (QED) is 0.554. The lowest BCUT2D eigenvalue weighted by Gasteiger charge is -2.31. The summed E-state index contributed by atoms with van der Waals surface area (Å²) in [4.78, 5) is 0. The van der Waals surface area contributed by atoms with Crippen molar-refractivity contribution in [3.05, 3.63) is 0 Å². The Morgan fingerprint density at radius 2 is 1.61 bits per heavy atom. The van der Waals surface area contributed by atoms with Gasteiger partial charge in [0, 0.05) is 12.6 Å². The van der Waals surface area contributed by atoms with Gasteiger partial charge in [-0.1, -0.05) is 60.3 Å². The van der Waals surface area contributed by atoms with E-state index in [0.717, 1.165) is 19.8 Å². The van der Waals surface area contributed by atoms with Gasteiger partial charge in [0.05, 0.1) is 6.61 Å². The Bertz CT molecular complexity index is 174. The zero-order valence-corrected chi connectivity index (χ0v) is 13.3. The number of hydrogen-bond acceptors (Lipinski definition) is 2. The predicted octanol–water partition coefficient (Wildman–Crippen LogP) is 4.39. The van der Waals surface area contributed by atoms with Crippen LogP contribution in [0.1, 0.15) is 73.1 Å². The van der Waals surface area contributed by atoms with Crippen LogP contribution < -0.4 is 5.32 Å². The third-order valence-electron chi connectivity index (χ3n) is 3.36. The second kappa shape index (κ2) is 10.8. The van der Waals surface area contributed by atoms with E-state index in [4.69, 9.17) is 4.74 Å². The van der Waals surface area contributed by atoms with Gasteiger partial charge in [0.1, 0.15) is 0 Å². The Kier molecular flexibility index (Phi) is 10.8. The van der Waals surface area contributed by atoms with E-state index in [9.17, 15) is 0 Å². The molecule has 0 aliphatic heterocycles. The second-order valence-corrected chi connectivity index (χ2v) is 6.36. The normalized spacial score (nSPS) is 13.8. The summed E-state index contributed by atoms with van der Waals surface area (Å²) in [5.74, 6) is 0. The summed E-state index contributed by atoms with van der Waals surface area (Å²) in [6.07, 6.45) is 7.75. The summed E-state index contributed by atoms with van der Waals surface area (Å²) in [7, 11) is 0. The molecule has 0 saturated heterocycles. The summed E-state index contributed by atoms with van der Waals surface area (Å²) in [6.45, 7) is 14.2. The molecule has 0 bridgehead atoms. The lowest BCUT2D eigenvalue weighted by molar-refractivity contribution is 0.0731. The Labute approximate surface area is 115 Å². The van der Waals surface area contributed by atoms with Crippen LogP contribution in [0.15, 0.2) is 0 Å². The van der Waals surface area contributed by atoms with Gasteiger partial charge in [-0.25, -0.2) is 0 Å². The average Bonchev–Trinajstić information content (AvgIpc) is 2.30. The Morgan fingerprint density at radius 1 is 0.944 bits per heavy atom. The first-order valence-electron chi connectivity index (χ1n) is 7.83. The molecule has 0 aliphatic carbocycles. The predicted molar refractivity (Wildman–Crippen MR) is 81.1 cm³/mol. The van der Waals surface area contributed by atoms with E-state index in [0.29, 0.717) is 6.04 Å². The molecule has 0 aliphatic rings. The fourth-order valence-electron chi connectivity index (χ4n) is 1.94. The van der Waals surface area contributed by atoms with Gasteiger partial charge in [0.25, 0.3) is 0 Å². The van der Waals surface area contributed by atoms with Gasteiger partial charge in [-0.3, -0.25) is 0 Å². The highest BCUT2D eigenvalue weighted by atomic mass is 16.5. The van der Waals surface area contributed by atoms with Gasteiger partial charge < -0.3 is 10.1 Å².